The average molecular weight is 429 g/mol. The van der Waals surface area contributed by atoms with Gasteiger partial charge in [-0.25, -0.2) is 19.9 Å². The molecule has 0 radical (unpaired) electrons. The van der Waals surface area contributed by atoms with E-state index >= 15 is 0 Å². The third-order valence-electron chi connectivity index (χ3n) is 5.03. The molecule has 4 N–H and O–H groups in total. The summed E-state index contributed by atoms with van der Waals surface area (Å²) in [5, 5.41) is 15.3. The number of carbonyl (C=O) groups excluding carboxylic acids is 1. The van der Waals surface area contributed by atoms with Gasteiger partial charge in [-0.3, -0.25) is 4.79 Å². The molecule has 1 amide bonds. The molecule has 4 heterocycles. The first-order valence-corrected chi connectivity index (χ1v) is 10.3. The van der Waals surface area contributed by atoms with E-state index in [0.29, 0.717) is 28.7 Å². The van der Waals surface area contributed by atoms with Crippen molar-refractivity contribution < 1.29 is 4.79 Å². The van der Waals surface area contributed by atoms with Crippen molar-refractivity contribution in [2.75, 3.05) is 28.6 Å². The lowest BCUT2D eigenvalue weighted by molar-refractivity contribution is -0.117. The standard InChI is InChI=1S/C22H23N9O/c1-14(24)21(32)30-19-5-4-17(13-26-19)28-22-25-7-6-18(29-22)16-10-15(11-23)20(27-12-16)31-8-2-3-9-31/h4-7,10,12-14H,2-3,8-9,24H2,1H3,(H,25,28,29)(H,26,30,32). The van der Waals surface area contributed by atoms with Crippen molar-refractivity contribution in [3.05, 3.63) is 48.4 Å². The Morgan fingerprint density at radius 3 is 2.69 bits per heavy atom. The van der Waals surface area contributed by atoms with Crippen LogP contribution in [0.5, 0.6) is 0 Å². The molecule has 0 aliphatic carbocycles. The molecular formula is C22H23N9O. The molecule has 0 bridgehead atoms. The highest BCUT2D eigenvalue weighted by Gasteiger charge is 2.18. The molecule has 3 aromatic heterocycles. The molecule has 1 saturated heterocycles. The van der Waals surface area contributed by atoms with Gasteiger partial charge in [0.1, 0.15) is 17.7 Å². The van der Waals surface area contributed by atoms with Gasteiger partial charge in [-0.15, -0.1) is 0 Å². The predicted molar refractivity (Wildman–Crippen MR) is 121 cm³/mol. The first-order valence-electron chi connectivity index (χ1n) is 10.3. The number of nitrogens with two attached hydrogens (primary N) is 1. The highest BCUT2D eigenvalue weighted by Crippen LogP contribution is 2.26. The average Bonchev–Trinajstić information content (AvgIpc) is 3.35. The van der Waals surface area contributed by atoms with Crippen LogP contribution in [0.4, 0.5) is 23.3 Å². The minimum absolute atomic E-state index is 0.310. The van der Waals surface area contributed by atoms with Crippen LogP contribution in [0.3, 0.4) is 0 Å². The SMILES string of the molecule is CC(N)C(=O)Nc1ccc(Nc2nccc(-c3cnc(N4CCCC4)c(C#N)c3)n2)cn1. The van der Waals surface area contributed by atoms with Gasteiger partial charge in [0.15, 0.2) is 0 Å². The quantitative estimate of drug-likeness (QED) is 0.537. The largest absolute Gasteiger partial charge is 0.356 e. The summed E-state index contributed by atoms with van der Waals surface area (Å²) in [6.07, 6.45) is 7.16. The van der Waals surface area contributed by atoms with Crippen LogP contribution in [-0.4, -0.2) is 45.0 Å². The number of nitrogens with one attached hydrogen (secondary N) is 2. The number of amides is 1. The van der Waals surface area contributed by atoms with Crippen molar-refractivity contribution in [2.24, 2.45) is 5.73 Å². The highest BCUT2D eigenvalue weighted by molar-refractivity contribution is 5.93. The van der Waals surface area contributed by atoms with Gasteiger partial charge < -0.3 is 21.3 Å². The Hall–Kier alpha value is -4.10. The Morgan fingerprint density at radius 1 is 1.19 bits per heavy atom. The molecule has 4 rings (SSSR count). The Kier molecular flexibility index (Phi) is 6.19. The number of nitrogens with zero attached hydrogens (tertiary/aromatic N) is 6. The summed E-state index contributed by atoms with van der Waals surface area (Å²) in [5.74, 6) is 1.19. The third-order valence-corrected chi connectivity index (χ3v) is 5.03. The Bertz CT molecular complexity index is 1150. The molecule has 1 unspecified atom stereocenters. The minimum Gasteiger partial charge on any atom is -0.356 e. The van der Waals surface area contributed by atoms with Gasteiger partial charge in [-0.1, -0.05) is 0 Å². The predicted octanol–water partition coefficient (Wildman–Crippen LogP) is 2.43. The number of anilines is 4. The van der Waals surface area contributed by atoms with Crippen LogP contribution in [0.15, 0.2) is 42.9 Å². The van der Waals surface area contributed by atoms with Crippen molar-refractivity contribution in [3.8, 4) is 17.3 Å². The second-order valence-corrected chi connectivity index (χ2v) is 7.50. The number of hydrogen-bond donors (Lipinski definition) is 3. The molecule has 10 nitrogen and oxygen atoms in total. The molecule has 1 aliphatic rings. The van der Waals surface area contributed by atoms with Crippen LogP contribution >= 0.6 is 0 Å². The fourth-order valence-electron chi connectivity index (χ4n) is 3.35. The molecule has 0 aromatic carbocycles. The monoisotopic (exact) mass is 429 g/mol. The summed E-state index contributed by atoms with van der Waals surface area (Å²) in [6, 6.07) is 8.62. The number of pyridine rings is 2. The van der Waals surface area contributed by atoms with E-state index in [-0.39, 0.29) is 5.91 Å². The fourth-order valence-corrected chi connectivity index (χ4v) is 3.35. The normalized spacial score (nSPS) is 14.0. The molecular weight excluding hydrogens is 406 g/mol. The Morgan fingerprint density at radius 2 is 2.00 bits per heavy atom. The van der Waals surface area contributed by atoms with Crippen LogP contribution in [0.25, 0.3) is 11.3 Å². The summed E-state index contributed by atoms with van der Waals surface area (Å²) in [6.45, 7) is 3.44. The minimum atomic E-state index is -0.619. The van der Waals surface area contributed by atoms with Crippen molar-refractivity contribution in [1.29, 1.82) is 5.26 Å². The summed E-state index contributed by atoms with van der Waals surface area (Å²) in [5.41, 5.74) is 8.11. The van der Waals surface area contributed by atoms with Gasteiger partial charge in [-0.2, -0.15) is 5.26 Å². The van der Waals surface area contributed by atoms with E-state index in [0.717, 1.165) is 37.3 Å². The maximum atomic E-state index is 11.7. The molecule has 0 saturated carbocycles. The van der Waals surface area contributed by atoms with E-state index in [4.69, 9.17) is 5.73 Å². The third kappa shape index (κ3) is 4.79. The van der Waals surface area contributed by atoms with Gasteiger partial charge in [0, 0.05) is 31.0 Å². The first kappa shape index (κ1) is 21.1. The smallest absolute Gasteiger partial charge is 0.242 e. The van der Waals surface area contributed by atoms with Crippen molar-refractivity contribution in [3.63, 3.8) is 0 Å². The molecule has 1 aliphatic heterocycles. The van der Waals surface area contributed by atoms with Crippen molar-refractivity contribution in [1.82, 2.24) is 19.9 Å². The molecule has 1 fully saturated rings. The van der Waals surface area contributed by atoms with E-state index in [1.54, 1.807) is 43.7 Å². The van der Waals surface area contributed by atoms with E-state index in [2.05, 4.69) is 41.5 Å². The zero-order valence-corrected chi connectivity index (χ0v) is 17.6. The second kappa shape index (κ2) is 9.36. The molecule has 0 spiro atoms. The molecule has 1 atom stereocenters. The van der Waals surface area contributed by atoms with Gasteiger partial charge >= 0.3 is 0 Å². The van der Waals surface area contributed by atoms with Gasteiger partial charge in [-0.05, 0) is 44.0 Å². The Labute approximate surface area is 185 Å². The lowest BCUT2D eigenvalue weighted by Gasteiger charge is -2.18. The zero-order valence-electron chi connectivity index (χ0n) is 17.6. The van der Waals surface area contributed by atoms with E-state index in [1.165, 1.54) is 0 Å². The van der Waals surface area contributed by atoms with Crippen LogP contribution in [0.2, 0.25) is 0 Å². The van der Waals surface area contributed by atoms with Crippen molar-refractivity contribution in [2.45, 2.75) is 25.8 Å². The molecule has 3 aromatic rings. The highest BCUT2D eigenvalue weighted by atomic mass is 16.2. The van der Waals surface area contributed by atoms with Gasteiger partial charge in [0.25, 0.3) is 0 Å². The summed E-state index contributed by atoms with van der Waals surface area (Å²) in [7, 11) is 0. The van der Waals surface area contributed by atoms with Crippen LogP contribution in [0.1, 0.15) is 25.3 Å². The first-order chi connectivity index (χ1) is 15.5. The van der Waals surface area contributed by atoms with E-state index in [1.807, 2.05) is 6.07 Å². The number of hydrogen-bond acceptors (Lipinski definition) is 9. The van der Waals surface area contributed by atoms with Gasteiger partial charge in [0.2, 0.25) is 11.9 Å². The summed E-state index contributed by atoms with van der Waals surface area (Å²) in [4.78, 5) is 31.3. The van der Waals surface area contributed by atoms with E-state index in [9.17, 15) is 10.1 Å². The van der Waals surface area contributed by atoms with E-state index < -0.39 is 6.04 Å². The van der Waals surface area contributed by atoms with Gasteiger partial charge in [0.05, 0.1) is 29.2 Å². The summed E-state index contributed by atoms with van der Waals surface area (Å²) < 4.78 is 0. The summed E-state index contributed by atoms with van der Waals surface area (Å²) >= 11 is 0. The zero-order chi connectivity index (χ0) is 22.5. The lowest BCUT2D eigenvalue weighted by atomic mass is 10.1. The molecule has 10 heteroatoms. The van der Waals surface area contributed by atoms with Crippen molar-refractivity contribution >= 4 is 29.2 Å². The fraction of sp³-hybridized carbons (Fsp3) is 0.273. The lowest BCUT2D eigenvalue weighted by Crippen LogP contribution is -2.32. The Balaban J connectivity index is 1.50. The molecule has 32 heavy (non-hydrogen) atoms. The maximum Gasteiger partial charge on any atom is 0.242 e. The molecule has 162 valence electrons. The number of rotatable bonds is 6. The number of aromatic nitrogens is 4. The second-order valence-electron chi connectivity index (χ2n) is 7.50. The topological polar surface area (TPSA) is 146 Å². The van der Waals surface area contributed by atoms with Crippen LogP contribution < -0.4 is 21.3 Å². The maximum absolute atomic E-state index is 11.7. The number of nitriles is 1. The number of carbonyl (C=O) groups is 1. The van der Waals surface area contributed by atoms with Crippen LogP contribution in [0, 0.1) is 11.3 Å². The van der Waals surface area contributed by atoms with Crippen LogP contribution in [-0.2, 0) is 4.79 Å².